The van der Waals surface area contributed by atoms with Gasteiger partial charge in [0.25, 0.3) is 0 Å². The molecule has 27 heavy (non-hydrogen) atoms. The van der Waals surface area contributed by atoms with Crippen molar-refractivity contribution in [2.24, 2.45) is 0 Å². The fourth-order valence-electron chi connectivity index (χ4n) is 3.43. The maximum Gasteiger partial charge on any atom is 0.213 e. The maximum absolute atomic E-state index is 9.04. The first-order valence-electron chi connectivity index (χ1n) is 8.78. The Balaban J connectivity index is 1.65. The number of rotatable bonds is 3. The molecule has 0 spiro atoms. The zero-order valence-corrected chi connectivity index (χ0v) is 15.3. The third-order valence-corrected chi connectivity index (χ3v) is 4.80. The maximum atomic E-state index is 9.04. The zero-order valence-electron chi connectivity index (χ0n) is 15.3. The highest BCUT2D eigenvalue weighted by Crippen LogP contribution is 2.29. The molecular weight excluding hydrogens is 338 g/mol. The van der Waals surface area contributed by atoms with Gasteiger partial charge in [-0.3, -0.25) is 4.98 Å². The van der Waals surface area contributed by atoms with E-state index < -0.39 is 0 Å². The van der Waals surface area contributed by atoms with Crippen LogP contribution in [0.25, 0.3) is 11.1 Å². The number of fused-ring (bicyclic) bond motifs is 1. The minimum Gasteiger partial charge on any atom is -0.481 e. The normalized spacial score (nSPS) is 13.0. The molecule has 0 radical (unpaired) electrons. The molecule has 3 aromatic heterocycles. The molecule has 1 aliphatic heterocycles. The van der Waals surface area contributed by atoms with Crippen LogP contribution in [0.2, 0.25) is 0 Å². The van der Waals surface area contributed by atoms with Crippen molar-refractivity contribution in [1.82, 2.24) is 15.0 Å². The molecule has 0 atom stereocenters. The van der Waals surface area contributed by atoms with Crippen LogP contribution in [0.5, 0.6) is 5.88 Å². The van der Waals surface area contributed by atoms with Crippen LogP contribution in [0.15, 0.2) is 42.9 Å². The van der Waals surface area contributed by atoms with Gasteiger partial charge in [-0.2, -0.15) is 5.26 Å². The van der Waals surface area contributed by atoms with Crippen LogP contribution in [0.1, 0.15) is 22.4 Å². The minimum atomic E-state index is 0.587. The predicted molar refractivity (Wildman–Crippen MR) is 102 cm³/mol. The summed E-state index contributed by atoms with van der Waals surface area (Å²) in [5, 5.41) is 9.04. The Morgan fingerprint density at radius 2 is 2.00 bits per heavy atom. The minimum absolute atomic E-state index is 0.587. The topological polar surface area (TPSA) is 74.9 Å². The van der Waals surface area contributed by atoms with Crippen LogP contribution < -0.4 is 9.64 Å². The summed E-state index contributed by atoms with van der Waals surface area (Å²) in [6, 6.07) is 10.1. The van der Waals surface area contributed by atoms with Crippen molar-refractivity contribution in [1.29, 1.82) is 5.26 Å². The molecule has 0 N–H and O–H groups in total. The lowest BCUT2D eigenvalue weighted by atomic mass is 10.0. The number of anilines is 1. The van der Waals surface area contributed by atoms with E-state index in [9.17, 15) is 0 Å². The quantitative estimate of drug-likeness (QED) is 0.716. The number of hydrogen-bond donors (Lipinski definition) is 0. The van der Waals surface area contributed by atoms with Crippen LogP contribution in [0.3, 0.4) is 0 Å². The van der Waals surface area contributed by atoms with Crippen molar-refractivity contribution in [2.45, 2.75) is 19.9 Å². The van der Waals surface area contributed by atoms with Gasteiger partial charge >= 0.3 is 0 Å². The fourth-order valence-corrected chi connectivity index (χ4v) is 3.43. The van der Waals surface area contributed by atoms with E-state index in [2.05, 4.69) is 32.0 Å². The standard InChI is InChI=1S/C21H19N5O/c1-14-7-15(10-22)11-25-21(14)26-6-4-19-18(13-26)8-17(12-24-19)16-3-5-23-20(9-16)27-2/h3,5,7-9,11-12H,4,6,13H2,1-2H3. The van der Waals surface area contributed by atoms with Gasteiger partial charge in [0.15, 0.2) is 0 Å². The smallest absolute Gasteiger partial charge is 0.213 e. The highest BCUT2D eigenvalue weighted by molar-refractivity contribution is 5.65. The molecule has 4 rings (SSSR count). The second-order valence-electron chi connectivity index (χ2n) is 6.56. The van der Waals surface area contributed by atoms with E-state index in [4.69, 9.17) is 10.00 Å². The summed E-state index contributed by atoms with van der Waals surface area (Å²) < 4.78 is 5.22. The predicted octanol–water partition coefficient (Wildman–Crippen LogP) is 3.29. The first kappa shape index (κ1) is 17.0. The van der Waals surface area contributed by atoms with Crippen LogP contribution >= 0.6 is 0 Å². The summed E-state index contributed by atoms with van der Waals surface area (Å²) in [6.07, 6.45) is 6.16. The molecule has 6 nitrogen and oxygen atoms in total. The zero-order chi connectivity index (χ0) is 18.8. The Bertz CT molecular complexity index is 1040. The van der Waals surface area contributed by atoms with E-state index >= 15 is 0 Å². The van der Waals surface area contributed by atoms with Gasteiger partial charge in [-0.1, -0.05) is 0 Å². The molecule has 0 fully saturated rings. The Kier molecular flexibility index (Phi) is 4.43. The molecule has 4 heterocycles. The number of nitriles is 1. The Morgan fingerprint density at radius 1 is 1.11 bits per heavy atom. The number of hydrogen-bond acceptors (Lipinski definition) is 6. The lowest BCUT2D eigenvalue weighted by Gasteiger charge is -2.30. The van der Waals surface area contributed by atoms with E-state index in [1.54, 1.807) is 19.5 Å². The average molecular weight is 357 g/mol. The summed E-state index contributed by atoms with van der Waals surface area (Å²) in [4.78, 5) is 15.6. The molecule has 134 valence electrons. The third kappa shape index (κ3) is 3.32. The molecule has 0 aliphatic carbocycles. The van der Waals surface area contributed by atoms with Gasteiger partial charge in [-0.15, -0.1) is 0 Å². The van der Waals surface area contributed by atoms with Crippen molar-refractivity contribution >= 4 is 5.82 Å². The fraction of sp³-hybridized carbons (Fsp3) is 0.238. The number of pyridine rings is 3. The van der Waals surface area contributed by atoms with Gasteiger partial charge in [0.2, 0.25) is 5.88 Å². The number of nitrogens with zero attached hydrogens (tertiary/aromatic N) is 5. The molecule has 0 amide bonds. The van der Waals surface area contributed by atoms with Crippen molar-refractivity contribution in [3.63, 3.8) is 0 Å². The Hall–Kier alpha value is -3.46. The molecule has 6 heteroatoms. The van der Waals surface area contributed by atoms with Crippen molar-refractivity contribution in [2.75, 3.05) is 18.6 Å². The van der Waals surface area contributed by atoms with E-state index in [0.717, 1.165) is 47.7 Å². The van der Waals surface area contributed by atoms with Gasteiger partial charge in [0.05, 0.1) is 12.7 Å². The molecule has 0 saturated carbocycles. The van der Waals surface area contributed by atoms with Crippen molar-refractivity contribution in [3.05, 3.63) is 65.2 Å². The summed E-state index contributed by atoms with van der Waals surface area (Å²) in [5.74, 6) is 1.51. The molecule has 3 aromatic rings. The molecular formula is C21H19N5O. The Morgan fingerprint density at radius 3 is 2.78 bits per heavy atom. The lowest BCUT2D eigenvalue weighted by molar-refractivity contribution is 0.398. The largest absolute Gasteiger partial charge is 0.481 e. The van der Waals surface area contributed by atoms with Gasteiger partial charge in [-0.25, -0.2) is 9.97 Å². The van der Waals surface area contributed by atoms with Gasteiger partial charge in [0.1, 0.15) is 11.9 Å². The van der Waals surface area contributed by atoms with Crippen LogP contribution in [0.4, 0.5) is 5.82 Å². The first-order valence-corrected chi connectivity index (χ1v) is 8.78. The molecule has 0 saturated heterocycles. The summed E-state index contributed by atoms with van der Waals surface area (Å²) in [5.41, 5.74) is 6.00. The lowest BCUT2D eigenvalue weighted by Crippen LogP contribution is -2.32. The number of aromatic nitrogens is 3. The second kappa shape index (κ2) is 7.04. The molecule has 0 bridgehead atoms. The molecule has 1 aliphatic rings. The molecule has 0 aromatic carbocycles. The number of aryl methyl sites for hydroxylation is 1. The SMILES string of the molecule is COc1cc(-c2cnc3c(c2)CN(c2ncc(C#N)cc2C)CC3)ccn1. The van der Waals surface area contributed by atoms with Gasteiger partial charge in [0, 0.05) is 55.4 Å². The molecule has 0 unspecified atom stereocenters. The third-order valence-electron chi connectivity index (χ3n) is 4.80. The van der Waals surface area contributed by atoms with E-state index in [-0.39, 0.29) is 0 Å². The van der Waals surface area contributed by atoms with Crippen molar-refractivity contribution in [3.8, 4) is 23.1 Å². The second-order valence-corrected chi connectivity index (χ2v) is 6.56. The van der Waals surface area contributed by atoms with Gasteiger partial charge < -0.3 is 9.64 Å². The van der Waals surface area contributed by atoms with E-state index in [0.29, 0.717) is 11.4 Å². The van der Waals surface area contributed by atoms with Crippen LogP contribution in [-0.2, 0) is 13.0 Å². The summed E-state index contributed by atoms with van der Waals surface area (Å²) in [6.45, 7) is 3.61. The van der Waals surface area contributed by atoms with Crippen LogP contribution in [-0.4, -0.2) is 28.6 Å². The average Bonchev–Trinajstić information content (AvgIpc) is 2.72. The van der Waals surface area contributed by atoms with E-state index in [1.165, 1.54) is 5.56 Å². The van der Waals surface area contributed by atoms with Crippen LogP contribution in [0, 0.1) is 18.3 Å². The first-order chi connectivity index (χ1) is 13.2. The van der Waals surface area contributed by atoms with Gasteiger partial charge in [-0.05, 0) is 41.8 Å². The monoisotopic (exact) mass is 357 g/mol. The summed E-state index contributed by atoms with van der Waals surface area (Å²) >= 11 is 0. The van der Waals surface area contributed by atoms with Crippen molar-refractivity contribution < 1.29 is 4.74 Å². The highest BCUT2D eigenvalue weighted by Gasteiger charge is 2.20. The summed E-state index contributed by atoms with van der Waals surface area (Å²) in [7, 11) is 1.61. The Labute approximate surface area is 158 Å². The highest BCUT2D eigenvalue weighted by atomic mass is 16.5. The number of ether oxygens (including phenoxy) is 1. The van der Waals surface area contributed by atoms with E-state index in [1.807, 2.05) is 31.3 Å². The number of methoxy groups -OCH3 is 1.